The second kappa shape index (κ2) is 4.94. The van der Waals surface area contributed by atoms with E-state index in [2.05, 4.69) is 0 Å². The Morgan fingerprint density at radius 1 is 1.00 bits per heavy atom. The zero-order valence-electron chi connectivity index (χ0n) is 11.7. The minimum absolute atomic E-state index is 0.00480. The summed E-state index contributed by atoms with van der Waals surface area (Å²) in [5.41, 5.74) is 1.44. The molecule has 0 radical (unpaired) electrons. The number of ether oxygens (including phenoxy) is 3. The van der Waals surface area contributed by atoms with Crippen molar-refractivity contribution in [2.45, 2.75) is 6.42 Å². The Morgan fingerprint density at radius 3 is 2.73 bits per heavy atom. The van der Waals surface area contributed by atoms with Crippen LogP contribution in [0.2, 0.25) is 0 Å². The van der Waals surface area contributed by atoms with Gasteiger partial charge in [0.15, 0.2) is 17.3 Å². The molecule has 2 heterocycles. The minimum Gasteiger partial charge on any atom is -0.508 e. The van der Waals surface area contributed by atoms with Gasteiger partial charge in [0.05, 0.1) is 18.1 Å². The SMILES string of the molecule is O=C1c2cc(O)ccc2OCC1Cc1ccc2c(c1)OCO2. The number of phenols is 1. The number of phenolic OH excluding ortho intramolecular Hbond substituents is 1. The van der Waals surface area contributed by atoms with E-state index >= 15 is 0 Å². The standard InChI is InChI=1S/C17H14O5/c18-12-2-4-14-13(7-12)17(19)11(8-20-14)5-10-1-3-15-16(6-10)22-9-21-15/h1-4,6-7,11,18H,5,8-9H2. The molecule has 0 bridgehead atoms. The van der Waals surface area contributed by atoms with Crippen LogP contribution < -0.4 is 14.2 Å². The highest BCUT2D eigenvalue weighted by Gasteiger charge is 2.29. The first-order chi connectivity index (χ1) is 10.7. The molecule has 0 saturated heterocycles. The van der Waals surface area contributed by atoms with Gasteiger partial charge >= 0.3 is 0 Å². The summed E-state index contributed by atoms with van der Waals surface area (Å²) in [6.45, 7) is 0.571. The predicted octanol–water partition coefficient (Wildman–Crippen LogP) is 2.55. The number of rotatable bonds is 2. The molecule has 1 atom stereocenters. The maximum Gasteiger partial charge on any atom is 0.231 e. The molecular weight excluding hydrogens is 284 g/mol. The van der Waals surface area contributed by atoms with Crippen molar-refractivity contribution in [2.24, 2.45) is 5.92 Å². The number of ketones is 1. The van der Waals surface area contributed by atoms with Crippen molar-refractivity contribution in [3.8, 4) is 23.0 Å². The van der Waals surface area contributed by atoms with Crippen LogP contribution in [0.25, 0.3) is 0 Å². The van der Waals surface area contributed by atoms with E-state index in [0.717, 1.165) is 11.3 Å². The van der Waals surface area contributed by atoms with Crippen molar-refractivity contribution in [1.29, 1.82) is 0 Å². The van der Waals surface area contributed by atoms with Gasteiger partial charge < -0.3 is 19.3 Å². The maximum absolute atomic E-state index is 12.6. The molecule has 4 rings (SSSR count). The lowest BCUT2D eigenvalue weighted by molar-refractivity contribution is 0.0829. The summed E-state index contributed by atoms with van der Waals surface area (Å²) in [5.74, 6) is 1.76. The third-order valence-electron chi connectivity index (χ3n) is 3.96. The van der Waals surface area contributed by atoms with Crippen LogP contribution in [0, 0.1) is 5.92 Å². The monoisotopic (exact) mass is 298 g/mol. The number of fused-ring (bicyclic) bond motifs is 2. The summed E-state index contributed by atoms with van der Waals surface area (Å²) >= 11 is 0. The summed E-state index contributed by atoms with van der Waals surface area (Å²) in [6, 6.07) is 10.3. The zero-order chi connectivity index (χ0) is 15.1. The fourth-order valence-corrected chi connectivity index (χ4v) is 2.83. The Labute approximate surface area is 127 Å². The molecule has 1 N–H and O–H groups in total. The summed E-state index contributed by atoms with van der Waals surface area (Å²) < 4.78 is 16.3. The third-order valence-corrected chi connectivity index (χ3v) is 3.96. The largest absolute Gasteiger partial charge is 0.508 e. The van der Waals surface area contributed by atoms with Crippen LogP contribution in [0.4, 0.5) is 0 Å². The average Bonchev–Trinajstić information content (AvgIpc) is 2.98. The maximum atomic E-state index is 12.6. The molecule has 2 aliphatic rings. The number of hydrogen-bond donors (Lipinski definition) is 1. The Bertz CT molecular complexity index is 753. The predicted molar refractivity (Wildman–Crippen MR) is 77.7 cm³/mol. The fourth-order valence-electron chi connectivity index (χ4n) is 2.83. The number of hydrogen-bond acceptors (Lipinski definition) is 5. The van der Waals surface area contributed by atoms with Crippen molar-refractivity contribution >= 4 is 5.78 Å². The molecule has 22 heavy (non-hydrogen) atoms. The molecule has 0 aromatic heterocycles. The molecular formula is C17H14O5. The highest BCUT2D eigenvalue weighted by atomic mass is 16.7. The van der Waals surface area contributed by atoms with Crippen LogP contribution >= 0.6 is 0 Å². The second-order valence-corrected chi connectivity index (χ2v) is 5.44. The number of aromatic hydroxyl groups is 1. The normalized spacial score (nSPS) is 18.7. The van der Waals surface area contributed by atoms with Gasteiger partial charge in [0, 0.05) is 0 Å². The smallest absolute Gasteiger partial charge is 0.231 e. The Kier molecular flexibility index (Phi) is 2.92. The van der Waals surface area contributed by atoms with Crippen LogP contribution in [0.5, 0.6) is 23.0 Å². The summed E-state index contributed by atoms with van der Waals surface area (Å²) in [7, 11) is 0. The lowest BCUT2D eigenvalue weighted by atomic mass is 9.89. The van der Waals surface area contributed by atoms with Gasteiger partial charge in [0.2, 0.25) is 6.79 Å². The molecule has 5 heteroatoms. The molecule has 1 unspecified atom stereocenters. The molecule has 0 saturated carbocycles. The number of carbonyl (C=O) groups is 1. The van der Waals surface area contributed by atoms with Gasteiger partial charge in [0.1, 0.15) is 11.5 Å². The molecule has 0 spiro atoms. The highest BCUT2D eigenvalue weighted by Crippen LogP contribution is 2.35. The summed E-state index contributed by atoms with van der Waals surface area (Å²) in [4.78, 5) is 12.6. The van der Waals surface area contributed by atoms with Gasteiger partial charge in [-0.3, -0.25) is 4.79 Å². The fraction of sp³-hybridized carbons (Fsp3) is 0.235. The molecule has 5 nitrogen and oxygen atoms in total. The van der Waals surface area contributed by atoms with Crippen LogP contribution in [0.15, 0.2) is 36.4 Å². The van der Waals surface area contributed by atoms with Crippen LogP contribution in [-0.2, 0) is 6.42 Å². The van der Waals surface area contributed by atoms with Crippen molar-refractivity contribution < 1.29 is 24.1 Å². The topological polar surface area (TPSA) is 65.0 Å². The summed E-state index contributed by atoms with van der Waals surface area (Å²) in [6.07, 6.45) is 0.560. The Balaban J connectivity index is 1.58. The van der Waals surface area contributed by atoms with Crippen molar-refractivity contribution in [2.75, 3.05) is 13.4 Å². The minimum atomic E-state index is -0.269. The number of Topliss-reactive ketones (excluding diaryl/α,β-unsaturated/α-hetero) is 1. The Hall–Kier alpha value is -2.69. The van der Waals surface area contributed by atoms with E-state index < -0.39 is 0 Å². The first-order valence-corrected chi connectivity index (χ1v) is 7.09. The molecule has 0 fully saturated rings. The van der Waals surface area contributed by atoms with Gasteiger partial charge in [0.25, 0.3) is 0 Å². The van der Waals surface area contributed by atoms with E-state index in [9.17, 15) is 9.90 Å². The van der Waals surface area contributed by atoms with Crippen LogP contribution in [0.1, 0.15) is 15.9 Å². The second-order valence-electron chi connectivity index (χ2n) is 5.44. The molecule has 2 aromatic carbocycles. The van der Waals surface area contributed by atoms with Gasteiger partial charge in [-0.1, -0.05) is 6.07 Å². The molecule has 2 aliphatic heterocycles. The first kappa shape index (κ1) is 13.0. The zero-order valence-corrected chi connectivity index (χ0v) is 11.7. The van der Waals surface area contributed by atoms with E-state index in [4.69, 9.17) is 14.2 Å². The Morgan fingerprint density at radius 2 is 1.82 bits per heavy atom. The van der Waals surface area contributed by atoms with Gasteiger partial charge in [-0.25, -0.2) is 0 Å². The van der Waals surface area contributed by atoms with Crippen molar-refractivity contribution in [3.05, 3.63) is 47.5 Å². The number of carbonyl (C=O) groups excluding carboxylic acids is 1. The van der Waals surface area contributed by atoms with Crippen molar-refractivity contribution in [1.82, 2.24) is 0 Å². The summed E-state index contributed by atoms with van der Waals surface area (Å²) in [5, 5.41) is 9.55. The van der Waals surface area contributed by atoms with Crippen LogP contribution in [0.3, 0.4) is 0 Å². The van der Waals surface area contributed by atoms with Gasteiger partial charge in [-0.2, -0.15) is 0 Å². The van der Waals surface area contributed by atoms with E-state index in [1.807, 2.05) is 18.2 Å². The molecule has 2 aromatic rings. The third kappa shape index (κ3) is 2.15. The quantitative estimate of drug-likeness (QED) is 0.923. The van der Waals surface area contributed by atoms with E-state index in [0.29, 0.717) is 30.1 Å². The highest BCUT2D eigenvalue weighted by molar-refractivity contribution is 6.01. The lowest BCUT2D eigenvalue weighted by Gasteiger charge is -2.24. The van der Waals surface area contributed by atoms with Gasteiger partial charge in [-0.15, -0.1) is 0 Å². The van der Waals surface area contributed by atoms with E-state index in [1.165, 1.54) is 12.1 Å². The average molecular weight is 298 g/mol. The molecule has 0 aliphatic carbocycles. The van der Waals surface area contributed by atoms with Crippen LogP contribution in [-0.4, -0.2) is 24.3 Å². The lowest BCUT2D eigenvalue weighted by Crippen LogP contribution is -2.29. The number of benzene rings is 2. The van der Waals surface area contributed by atoms with E-state index in [-0.39, 0.29) is 24.2 Å². The van der Waals surface area contributed by atoms with Crippen molar-refractivity contribution in [3.63, 3.8) is 0 Å². The van der Waals surface area contributed by atoms with Gasteiger partial charge in [-0.05, 0) is 42.3 Å². The molecule has 112 valence electrons. The molecule has 0 amide bonds. The first-order valence-electron chi connectivity index (χ1n) is 7.09. The van der Waals surface area contributed by atoms with E-state index in [1.54, 1.807) is 6.07 Å².